The molecule has 3 rings (SSSR count). The lowest BCUT2D eigenvalue weighted by molar-refractivity contribution is -0.383. The van der Waals surface area contributed by atoms with E-state index in [1.54, 1.807) is 24.3 Å². The van der Waals surface area contributed by atoms with Crippen molar-refractivity contribution >= 4 is 40.5 Å². The number of benzene rings is 1. The van der Waals surface area contributed by atoms with Crippen molar-refractivity contribution < 1.29 is 18.9 Å². The van der Waals surface area contributed by atoms with Crippen molar-refractivity contribution in [3.05, 3.63) is 64.9 Å². The summed E-state index contributed by atoms with van der Waals surface area (Å²) in [5.41, 5.74) is 5.26. The third-order valence-corrected chi connectivity index (χ3v) is 3.51. The van der Waals surface area contributed by atoms with E-state index in [2.05, 4.69) is 31.5 Å². The number of nitrogens with zero attached hydrogens (tertiary/aromatic N) is 3. The molecule has 2 amide bonds. The van der Waals surface area contributed by atoms with Gasteiger partial charge in [0.2, 0.25) is 17.5 Å². The van der Waals surface area contributed by atoms with Crippen LogP contribution in [0.25, 0.3) is 0 Å². The predicted octanol–water partition coefficient (Wildman–Crippen LogP) is 2.44. The van der Waals surface area contributed by atoms with E-state index in [0.29, 0.717) is 11.4 Å². The van der Waals surface area contributed by atoms with E-state index in [9.17, 15) is 19.7 Å². The van der Waals surface area contributed by atoms with Crippen molar-refractivity contribution in [2.75, 3.05) is 16.1 Å². The largest absolute Gasteiger partial charge is 0.459 e. The average Bonchev–Trinajstić information content (AvgIpc) is 3.22. The van der Waals surface area contributed by atoms with Crippen molar-refractivity contribution in [2.24, 2.45) is 0 Å². The highest BCUT2D eigenvalue weighted by Gasteiger charge is 2.24. The van der Waals surface area contributed by atoms with Crippen LogP contribution in [0, 0.1) is 10.1 Å². The van der Waals surface area contributed by atoms with Crippen LogP contribution in [0.1, 0.15) is 17.5 Å². The molecule has 0 aliphatic heterocycles. The fraction of sp³-hybridized carbons (Fsp3) is 0.0588. The molecule has 0 saturated heterocycles. The predicted molar refractivity (Wildman–Crippen MR) is 103 cm³/mol. The van der Waals surface area contributed by atoms with Gasteiger partial charge in [-0.1, -0.05) is 0 Å². The van der Waals surface area contributed by atoms with Crippen molar-refractivity contribution in [1.29, 1.82) is 0 Å². The Balaban J connectivity index is 1.78. The molecule has 0 saturated carbocycles. The number of hydrogen-bond acceptors (Lipinski definition) is 9. The molecule has 3 aromatic rings. The fourth-order valence-corrected chi connectivity index (χ4v) is 2.30. The number of carbonyl (C=O) groups is 2. The quantitative estimate of drug-likeness (QED) is 0.346. The number of nitro groups is 1. The highest BCUT2D eigenvalue weighted by Crippen LogP contribution is 2.31. The number of rotatable bonds is 7. The molecule has 0 atom stereocenters. The first-order valence-corrected chi connectivity index (χ1v) is 8.18. The van der Waals surface area contributed by atoms with E-state index in [1.807, 2.05) is 0 Å². The van der Waals surface area contributed by atoms with E-state index in [-0.39, 0.29) is 23.3 Å². The monoisotopic (exact) mass is 397 g/mol. The Morgan fingerprint density at radius 1 is 1.07 bits per heavy atom. The molecule has 0 aliphatic carbocycles. The Morgan fingerprint density at radius 3 is 2.38 bits per heavy atom. The van der Waals surface area contributed by atoms with Crippen LogP contribution in [-0.2, 0) is 4.79 Å². The molecule has 0 spiro atoms. The normalized spacial score (nSPS) is 10.1. The van der Waals surface area contributed by atoms with Gasteiger partial charge in [-0.2, -0.15) is 0 Å². The third-order valence-electron chi connectivity index (χ3n) is 3.51. The van der Waals surface area contributed by atoms with Crippen LogP contribution < -0.4 is 21.5 Å². The number of furan rings is 1. The molecule has 0 aliphatic rings. The van der Waals surface area contributed by atoms with Gasteiger partial charge >= 0.3 is 11.6 Å². The maximum absolute atomic E-state index is 11.9. The second-order valence-electron chi connectivity index (χ2n) is 5.62. The van der Waals surface area contributed by atoms with E-state index in [0.717, 1.165) is 6.33 Å². The molecule has 12 heteroatoms. The highest BCUT2D eigenvalue weighted by atomic mass is 16.6. The molecular weight excluding hydrogens is 382 g/mol. The van der Waals surface area contributed by atoms with E-state index >= 15 is 0 Å². The van der Waals surface area contributed by atoms with Crippen LogP contribution in [0.4, 0.5) is 28.7 Å². The van der Waals surface area contributed by atoms with Crippen LogP contribution in [0.3, 0.4) is 0 Å². The van der Waals surface area contributed by atoms with Gasteiger partial charge in [0.25, 0.3) is 0 Å². The lowest BCUT2D eigenvalue weighted by atomic mass is 10.2. The van der Waals surface area contributed by atoms with Gasteiger partial charge in [-0.15, -0.1) is 0 Å². The summed E-state index contributed by atoms with van der Waals surface area (Å²) in [5, 5.41) is 17.0. The Bertz CT molecular complexity index is 1030. The Morgan fingerprint density at radius 2 is 1.76 bits per heavy atom. The third kappa shape index (κ3) is 4.82. The summed E-state index contributed by atoms with van der Waals surface area (Å²) in [7, 11) is 0. The zero-order valence-electron chi connectivity index (χ0n) is 15.0. The molecule has 148 valence electrons. The summed E-state index contributed by atoms with van der Waals surface area (Å²) >= 11 is 0. The highest BCUT2D eigenvalue weighted by molar-refractivity contribution is 5.92. The summed E-state index contributed by atoms with van der Waals surface area (Å²) in [5.74, 6) is -1.14. The summed E-state index contributed by atoms with van der Waals surface area (Å²) in [6, 6.07) is 9.44. The lowest BCUT2D eigenvalue weighted by Crippen LogP contribution is -2.30. The molecule has 2 heterocycles. The minimum absolute atomic E-state index is 0.0202. The molecule has 0 fully saturated rings. The summed E-state index contributed by atoms with van der Waals surface area (Å²) < 4.78 is 4.94. The topological polar surface area (TPSA) is 164 Å². The first kappa shape index (κ1) is 19.3. The number of amides is 2. The zero-order chi connectivity index (χ0) is 20.8. The van der Waals surface area contributed by atoms with Crippen LogP contribution in [0.5, 0.6) is 0 Å². The van der Waals surface area contributed by atoms with Gasteiger partial charge in [-0.3, -0.25) is 30.6 Å². The van der Waals surface area contributed by atoms with Gasteiger partial charge in [0.05, 0.1) is 11.2 Å². The minimum Gasteiger partial charge on any atom is -0.459 e. The van der Waals surface area contributed by atoms with E-state index < -0.39 is 16.5 Å². The molecule has 0 radical (unpaired) electrons. The van der Waals surface area contributed by atoms with Crippen molar-refractivity contribution in [3.63, 3.8) is 0 Å². The van der Waals surface area contributed by atoms with Gasteiger partial charge in [0, 0.05) is 18.3 Å². The molecular formula is C17H15N7O5. The SMILES string of the molecule is CC(=O)Nc1ccc(Nc2ncnc(NNC(=O)c3ccco3)c2[N+](=O)[O-])cc1. The fourth-order valence-electron chi connectivity index (χ4n) is 2.30. The second kappa shape index (κ2) is 8.47. The Labute approximate surface area is 163 Å². The zero-order valence-corrected chi connectivity index (χ0v) is 15.0. The van der Waals surface area contributed by atoms with Crippen LogP contribution in [-0.4, -0.2) is 26.7 Å². The maximum Gasteiger partial charge on any atom is 0.355 e. The van der Waals surface area contributed by atoms with Gasteiger partial charge in [0.15, 0.2) is 5.76 Å². The maximum atomic E-state index is 11.9. The molecule has 0 unspecified atom stereocenters. The lowest BCUT2D eigenvalue weighted by Gasteiger charge is -2.11. The smallest absolute Gasteiger partial charge is 0.355 e. The summed E-state index contributed by atoms with van der Waals surface area (Å²) in [6.07, 6.45) is 2.42. The molecule has 4 N–H and O–H groups in total. The molecule has 1 aromatic carbocycles. The Hall–Kier alpha value is -4.48. The average molecular weight is 397 g/mol. The van der Waals surface area contributed by atoms with Crippen LogP contribution in [0.2, 0.25) is 0 Å². The van der Waals surface area contributed by atoms with Gasteiger partial charge in [-0.05, 0) is 36.4 Å². The number of carbonyl (C=O) groups excluding carboxylic acids is 2. The van der Waals surface area contributed by atoms with Crippen molar-refractivity contribution in [1.82, 2.24) is 15.4 Å². The number of nitrogens with one attached hydrogen (secondary N) is 4. The first-order chi connectivity index (χ1) is 13.9. The standard InChI is InChI=1S/C17H15N7O5/c1-10(25)20-11-4-6-12(7-5-11)21-15-14(24(27)28)16(19-9-18-15)22-23-17(26)13-3-2-8-29-13/h2-9H,1H3,(H,20,25)(H,23,26)(H2,18,19,21,22). The van der Waals surface area contributed by atoms with Gasteiger partial charge < -0.3 is 15.1 Å². The second-order valence-corrected chi connectivity index (χ2v) is 5.62. The first-order valence-electron chi connectivity index (χ1n) is 8.18. The number of hydrogen-bond donors (Lipinski definition) is 4. The minimum atomic E-state index is -0.685. The number of aromatic nitrogens is 2. The number of anilines is 4. The van der Waals surface area contributed by atoms with Gasteiger partial charge in [-0.25, -0.2) is 9.97 Å². The molecule has 12 nitrogen and oxygen atoms in total. The molecule has 29 heavy (non-hydrogen) atoms. The van der Waals surface area contributed by atoms with Crippen LogP contribution >= 0.6 is 0 Å². The Kier molecular flexibility index (Phi) is 5.64. The molecule has 0 bridgehead atoms. The van der Waals surface area contributed by atoms with Crippen molar-refractivity contribution in [2.45, 2.75) is 6.92 Å². The van der Waals surface area contributed by atoms with Crippen molar-refractivity contribution in [3.8, 4) is 0 Å². The summed E-state index contributed by atoms with van der Waals surface area (Å²) in [6.45, 7) is 1.38. The van der Waals surface area contributed by atoms with Gasteiger partial charge in [0.1, 0.15) is 6.33 Å². The number of hydrazine groups is 1. The van der Waals surface area contributed by atoms with E-state index in [1.165, 1.54) is 25.3 Å². The molecule has 2 aromatic heterocycles. The van der Waals surface area contributed by atoms with Crippen LogP contribution in [0.15, 0.2) is 53.4 Å². The summed E-state index contributed by atoms with van der Waals surface area (Å²) in [4.78, 5) is 41.6. The van der Waals surface area contributed by atoms with E-state index in [4.69, 9.17) is 4.42 Å².